The lowest BCUT2D eigenvalue weighted by molar-refractivity contribution is -0.120. The number of rotatable bonds is 12. The largest absolute Gasteiger partial charge is 0.481 e. The van der Waals surface area contributed by atoms with Crippen molar-refractivity contribution >= 4 is 46.6 Å². The molecule has 11 heteroatoms. The van der Waals surface area contributed by atoms with Gasteiger partial charge in [-0.1, -0.05) is 71.7 Å². The van der Waals surface area contributed by atoms with E-state index in [4.69, 9.17) is 32.9 Å². The first-order valence-electron chi connectivity index (χ1n) is 17.1. The van der Waals surface area contributed by atoms with Gasteiger partial charge in [0.05, 0.1) is 35.1 Å². The fraction of sp³-hybridized carbons (Fsp3) is 0.333. The molecule has 3 aliphatic heterocycles. The van der Waals surface area contributed by atoms with Crippen LogP contribution in [0.15, 0.2) is 66.7 Å². The summed E-state index contributed by atoms with van der Waals surface area (Å²) in [5.74, 6) is 0.686. The molecule has 2 atom stereocenters. The van der Waals surface area contributed by atoms with Crippen LogP contribution in [0.25, 0.3) is 22.4 Å². The Kier molecular flexibility index (Phi) is 10.1. The van der Waals surface area contributed by atoms with Crippen molar-refractivity contribution in [2.24, 2.45) is 0 Å². The molecule has 9 nitrogen and oxygen atoms in total. The molecule has 258 valence electrons. The maximum Gasteiger partial charge on any atom is 0.258 e. The molecule has 2 saturated heterocycles. The minimum atomic E-state index is -0.101. The number of amides is 3. The van der Waals surface area contributed by atoms with Crippen LogP contribution < -0.4 is 25.6 Å². The molecule has 4 aromatic rings. The molecule has 4 heterocycles. The molecule has 2 fully saturated rings. The number of nitrogens with zero attached hydrogens (tertiary/aromatic N) is 2. The van der Waals surface area contributed by atoms with Crippen molar-refractivity contribution in [3.63, 3.8) is 0 Å². The maximum absolute atomic E-state index is 13.6. The van der Waals surface area contributed by atoms with Gasteiger partial charge in [0.25, 0.3) is 5.91 Å². The zero-order chi connectivity index (χ0) is 34.8. The van der Waals surface area contributed by atoms with Crippen molar-refractivity contribution < 1.29 is 19.1 Å². The van der Waals surface area contributed by atoms with Gasteiger partial charge in [0.1, 0.15) is 0 Å². The number of halogens is 2. The Morgan fingerprint density at radius 2 is 1.58 bits per heavy atom. The molecular formula is C39H39Cl2N5O4. The molecular weight excluding hydrogens is 673 g/mol. The van der Waals surface area contributed by atoms with Gasteiger partial charge >= 0.3 is 0 Å². The number of carbonyl (C=O) groups is 3. The van der Waals surface area contributed by atoms with Gasteiger partial charge in [-0.05, 0) is 61.4 Å². The highest BCUT2D eigenvalue weighted by Gasteiger charge is 2.31. The number of hydrogen-bond donors (Lipinski definition) is 3. The Labute approximate surface area is 301 Å². The fourth-order valence-electron chi connectivity index (χ4n) is 7.19. The molecule has 0 unspecified atom stereocenters. The van der Waals surface area contributed by atoms with E-state index < -0.39 is 0 Å². The standard InChI is InChI=1S/C39H39Cl2N5O4/c1-50-38-24(5-2-6-26-13-17-34(47)43-26)12-16-32(45-38)31-9-3-7-29(36(31)40)30-8-4-10-33(37(30)41)46-22-25-19-23(11-15-28(25)39(46)49)20-42-21-27-14-18-35(48)44-27/h3-4,7-12,15-16,19,26-27,42H,2,5-6,13-14,17-18,20-22H2,1H3,(H,43,47)(H,44,48)/t26-,27+/m1/s1. The molecule has 3 aliphatic rings. The van der Waals surface area contributed by atoms with Crippen LogP contribution in [0.5, 0.6) is 5.88 Å². The molecule has 0 bridgehead atoms. The van der Waals surface area contributed by atoms with Crippen molar-refractivity contribution in [2.75, 3.05) is 18.6 Å². The Hall–Kier alpha value is -4.44. The zero-order valence-corrected chi connectivity index (χ0v) is 29.4. The number of pyridine rings is 1. The van der Waals surface area contributed by atoms with Crippen molar-refractivity contribution in [2.45, 2.75) is 70.1 Å². The maximum atomic E-state index is 13.6. The van der Waals surface area contributed by atoms with Gasteiger partial charge in [0.15, 0.2) is 0 Å². The molecule has 7 rings (SSSR count). The second-order valence-corrected chi connectivity index (χ2v) is 13.9. The molecule has 0 radical (unpaired) electrons. The highest BCUT2D eigenvalue weighted by atomic mass is 35.5. The monoisotopic (exact) mass is 711 g/mol. The quantitative estimate of drug-likeness (QED) is 0.148. The number of benzene rings is 3. The van der Waals surface area contributed by atoms with E-state index in [1.807, 2.05) is 60.7 Å². The number of hydrogen-bond acceptors (Lipinski definition) is 6. The van der Waals surface area contributed by atoms with Gasteiger partial charge in [0.2, 0.25) is 17.7 Å². The van der Waals surface area contributed by atoms with Crippen LogP contribution in [0.1, 0.15) is 65.6 Å². The summed E-state index contributed by atoms with van der Waals surface area (Å²) in [5, 5.41) is 10.4. The number of carbonyl (C=O) groups excluding carboxylic acids is 3. The molecule has 3 aromatic carbocycles. The molecule has 3 amide bonds. The van der Waals surface area contributed by atoms with Crippen molar-refractivity contribution in [3.05, 3.63) is 99.0 Å². The summed E-state index contributed by atoms with van der Waals surface area (Å²) in [6.45, 7) is 1.75. The number of aryl methyl sites for hydroxylation is 1. The van der Waals surface area contributed by atoms with Gasteiger partial charge in [-0.15, -0.1) is 0 Å². The van der Waals surface area contributed by atoms with Gasteiger partial charge in [0, 0.05) is 65.8 Å². The van der Waals surface area contributed by atoms with Crippen LogP contribution in [0, 0.1) is 0 Å². The predicted molar refractivity (Wildman–Crippen MR) is 196 cm³/mol. The van der Waals surface area contributed by atoms with Gasteiger partial charge in [-0.2, -0.15) is 0 Å². The number of anilines is 1. The van der Waals surface area contributed by atoms with Gasteiger partial charge < -0.3 is 25.6 Å². The summed E-state index contributed by atoms with van der Waals surface area (Å²) in [4.78, 5) is 43.2. The third-order valence-corrected chi connectivity index (χ3v) is 10.6. The Bertz CT molecular complexity index is 1970. The lowest BCUT2D eigenvalue weighted by atomic mass is 9.99. The van der Waals surface area contributed by atoms with Crippen LogP contribution in [-0.2, 0) is 29.1 Å². The first-order valence-corrected chi connectivity index (χ1v) is 17.9. The van der Waals surface area contributed by atoms with Crippen molar-refractivity contribution in [1.82, 2.24) is 20.9 Å². The topological polar surface area (TPSA) is 113 Å². The Balaban J connectivity index is 1.07. The number of methoxy groups -OCH3 is 1. The number of nitrogens with one attached hydrogen (secondary N) is 3. The normalized spacial score (nSPS) is 18.4. The van der Waals surface area contributed by atoms with Crippen LogP contribution in [-0.4, -0.2) is 48.4 Å². The summed E-state index contributed by atoms with van der Waals surface area (Å²) in [5.41, 5.74) is 7.16. The molecule has 0 aliphatic carbocycles. The minimum absolute atomic E-state index is 0.101. The van der Waals surface area contributed by atoms with E-state index in [1.54, 1.807) is 12.0 Å². The molecule has 50 heavy (non-hydrogen) atoms. The molecule has 1 aromatic heterocycles. The van der Waals surface area contributed by atoms with E-state index >= 15 is 0 Å². The first kappa shape index (κ1) is 34.0. The highest BCUT2D eigenvalue weighted by Crippen LogP contribution is 2.43. The van der Waals surface area contributed by atoms with Crippen LogP contribution in [0.3, 0.4) is 0 Å². The third-order valence-electron chi connectivity index (χ3n) is 9.83. The van der Waals surface area contributed by atoms with Gasteiger partial charge in [-0.3, -0.25) is 14.4 Å². The van der Waals surface area contributed by atoms with Crippen LogP contribution in [0.2, 0.25) is 10.0 Å². The Morgan fingerprint density at radius 3 is 2.32 bits per heavy atom. The van der Waals surface area contributed by atoms with E-state index in [-0.39, 0.29) is 29.8 Å². The number of ether oxygens (including phenoxy) is 1. The average Bonchev–Trinajstić information content (AvgIpc) is 3.83. The highest BCUT2D eigenvalue weighted by molar-refractivity contribution is 6.39. The lowest BCUT2D eigenvalue weighted by Gasteiger charge is -2.20. The summed E-state index contributed by atoms with van der Waals surface area (Å²) in [7, 11) is 1.62. The van der Waals surface area contributed by atoms with E-state index in [1.165, 1.54) is 0 Å². The summed E-state index contributed by atoms with van der Waals surface area (Å²) < 4.78 is 5.68. The smallest absolute Gasteiger partial charge is 0.258 e. The minimum Gasteiger partial charge on any atom is -0.481 e. The molecule has 0 spiro atoms. The zero-order valence-electron chi connectivity index (χ0n) is 27.9. The molecule has 0 saturated carbocycles. The van der Waals surface area contributed by atoms with E-state index in [0.29, 0.717) is 70.9 Å². The summed E-state index contributed by atoms with van der Waals surface area (Å²) in [6, 6.07) is 21.7. The number of aromatic nitrogens is 1. The van der Waals surface area contributed by atoms with Gasteiger partial charge in [-0.25, -0.2) is 4.98 Å². The van der Waals surface area contributed by atoms with E-state index in [2.05, 4.69) is 22.0 Å². The summed E-state index contributed by atoms with van der Waals surface area (Å²) >= 11 is 14.2. The first-order chi connectivity index (χ1) is 24.3. The van der Waals surface area contributed by atoms with E-state index in [0.717, 1.165) is 59.9 Å². The fourth-order valence-corrected chi connectivity index (χ4v) is 7.85. The second kappa shape index (κ2) is 14.8. The van der Waals surface area contributed by atoms with E-state index in [9.17, 15) is 14.4 Å². The Morgan fingerprint density at radius 1 is 0.860 bits per heavy atom. The molecule has 3 N–H and O–H groups in total. The lowest BCUT2D eigenvalue weighted by Crippen LogP contribution is -2.35. The van der Waals surface area contributed by atoms with Crippen molar-refractivity contribution in [3.8, 4) is 28.3 Å². The second-order valence-electron chi connectivity index (χ2n) is 13.2. The SMILES string of the molecule is COc1nc(-c2cccc(-c3cccc(N4Cc5cc(CNC[C@@H]6CCC(=O)N6)ccc5C4=O)c3Cl)c2Cl)ccc1CCC[C@@H]1CCC(=O)N1. The average molecular weight is 713 g/mol. The third kappa shape index (κ3) is 7.08. The van der Waals surface area contributed by atoms with Crippen molar-refractivity contribution in [1.29, 1.82) is 0 Å². The van der Waals surface area contributed by atoms with Crippen LogP contribution >= 0.6 is 23.2 Å². The number of fused-ring (bicyclic) bond motifs is 1. The summed E-state index contributed by atoms with van der Waals surface area (Å²) in [6.07, 6.45) is 5.54. The van der Waals surface area contributed by atoms with Crippen LogP contribution in [0.4, 0.5) is 5.69 Å². The predicted octanol–water partition coefficient (Wildman–Crippen LogP) is 6.86.